The molecule has 6 atom stereocenters. The quantitative estimate of drug-likeness (QED) is 0.449. The average Bonchev–Trinajstić information content (AvgIpc) is 3.01. The van der Waals surface area contributed by atoms with Crippen molar-refractivity contribution < 1.29 is 33.4 Å². The lowest BCUT2D eigenvalue weighted by molar-refractivity contribution is -0.0663. The van der Waals surface area contributed by atoms with Crippen molar-refractivity contribution in [2.45, 2.75) is 37.1 Å². The van der Waals surface area contributed by atoms with Crippen molar-refractivity contribution in [3.8, 4) is 0 Å². The van der Waals surface area contributed by atoms with Gasteiger partial charge in [-0.1, -0.05) is 0 Å². The number of hydrogen-bond donors (Lipinski definition) is 4. The van der Waals surface area contributed by atoms with Gasteiger partial charge in [0.05, 0.1) is 0 Å². The number of nitrogens with two attached hydrogens (primary N) is 1. The van der Waals surface area contributed by atoms with E-state index in [1.807, 2.05) is 0 Å². The van der Waals surface area contributed by atoms with E-state index >= 15 is 0 Å². The Morgan fingerprint density at radius 3 is 2.77 bits per heavy atom. The van der Waals surface area contributed by atoms with Gasteiger partial charge in [-0.05, 0) is 23.8 Å². The summed E-state index contributed by atoms with van der Waals surface area (Å²) in [6.45, 7) is -0.123. The highest BCUT2D eigenvalue weighted by atomic mass is 31.2. The first-order chi connectivity index (χ1) is 14.4. The van der Waals surface area contributed by atoms with Gasteiger partial charge < -0.3 is 20.7 Å². The second kappa shape index (κ2) is 8.61. The van der Waals surface area contributed by atoms with Gasteiger partial charge in [0.25, 0.3) is 0 Å². The Kier molecular flexibility index (Phi) is 6.09. The van der Waals surface area contributed by atoms with Gasteiger partial charge >= 0.3 is 13.9 Å². The Balaban J connectivity index is 1.41. The van der Waals surface area contributed by atoms with Crippen LogP contribution in [0.2, 0.25) is 0 Å². The van der Waals surface area contributed by atoms with E-state index in [1.54, 1.807) is 24.5 Å². The van der Waals surface area contributed by atoms with Crippen LogP contribution >= 0.6 is 8.17 Å². The van der Waals surface area contributed by atoms with Gasteiger partial charge in [0.1, 0.15) is 43.4 Å². The molecule has 0 aliphatic carbocycles. The molecule has 2 aromatic heterocycles. The maximum absolute atomic E-state index is 12.0. The third kappa shape index (κ3) is 4.36. The molecule has 4 rings (SSSR count). The molecule has 0 saturated carbocycles. The molecular weight excluding hydrogens is 419 g/mol. The zero-order valence-electron chi connectivity index (χ0n) is 15.7. The number of hydrogen-bond acceptors (Lipinski definition) is 11. The molecule has 2 aromatic rings. The molecular formula is C17H22N4O8P+. The van der Waals surface area contributed by atoms with Crippen molar-refractivity contribution in [3.63, 3.8) is 0 Å². The van der Waals surface area contributed by atoms with E-state index in [4.69, 9.17) is 24.0 Å². The van der Waals surface area contributed by atoms with Gasteiger partial charge in [-0.3, -0.25) is 9.55 Å². The van der Waals surface area contributed by atoms with Crippen molar-refractivity contribution in [2.24, 2.45) is 0 Å². The summed E-state index contributed by atoms with van der Waals surface area (Å²) < 4.78 is 23.0. The van der Waals surface area contributed by atoms with E-state index in [-0.39, 0.29) is 19.0 Å². The van der Waals surface area contributed by atoms with Crippen LogP contribution < -0.4 is 11.4 Å². The van der Waals surface area contributed by atoms with Gasteiger partial charge in [-0.15, -0.1) is 4.52 Å². The molecule has 0 bridgehead atoms. The summed E-state index contributed by atoms with van der Waals surface area (Å²) in [4.78, 5) is 30.1. The zero-order valence-corrected chi connectivity index (χ0v) is 16.6. The first-order valence-corrected chi connectivity index (χ1v) is 10.7. The Bertz CT molecular complexity index is 933. The average molecular weight is 441 g/mol. The van der Waals surface area contributed by atoms with E-state index in [0.717, 1.165) is 10.1 Å². The minimum absolute atomic E-state index is 0.0199. The zero-order chi connectivity index (χ0) is 21.3. The lowest BCUT2D eigenvalue weighted by atomic mass is 10.1. The van der Waals surface area contributed by atoms with Gasteiger partial charge in [0.2, 0.25) is 0 Å². The number of nitrogen functional groups attached to an aromatic ring is 1. The summed E-state index contributed by atoms with van der Waals surface area (Å²) in [5.41, 5.74) is 5.54. The molecule has 30 heavy (non-hydrogen) atoms. The van der Waals surface area contributed by atoms with Crippen LogP contribution in [0.25, 0.3) is 0 Å². The fourth-order valence-corrected chi connectivity index (χ4v) is 4.69. The molecule has 0 aromatic carbocycles. The number of anilines is 1. The van der Waals surface area contributed by atoms with Crippen LogP contribution in [0.1, 0.15) is 24.3 Å². The van der Waals surface area contributed by atoms with Gasteiger partial charge in [0, 0.05) is 25.0 Å². The maximum Gasteiger partial charge on any atom is 0.573 e. The van der Waals surface area contributed by atoms with Gasteiger partial charge in [-0.25, -0.2) is 4.79 Å². The molecule has 0 spiro atoms. The van der Waals surface area contributed by atoms with Crippen LogP contribution in [0, 0.1) is 0 Å². The summed E-state index contributed by atoms with van der Waals surface area (Å²) in [6.07, 6.45) is -0.429. The summed E-state index contributed by atoms with van der Waals surface area (Å²) in [5.74, 6) is 0.0199. The fraction of sp³-hybridized carbons (Fsp3) is 0.471. The monoisotopic (exact) mass is 441 g/mol. The SMILES string of the molecule is Nc1ccn(C2O[C@H](CO[P+]3(O)OCC[C@@H](c4ccncc4)O3)[C@@H](O)[C@@H]2O)c(=O)n1. The van der Waals surface area contributed by atoms with Crippen LogP contribution in [0.5, 0.6) is 0 Å². The summed E-state index contributed by atoms with van der Waals surface area (Å²) in [6, 6.07) is 4.90. The molecule has 5 N–H and O–H groups in total. The van der Waals surface area contributed by atoms with Crippen LogP contribution in [0.3, 0.4) is 0 Å². The fourth-order valence-electron chi connectivity index (χ4n) is 3.28. The lowest BCUT2D eigenvalue weighted by Crippen LogP contribution is -2.36. The summed E-state index contributed by atoms with van der Waals surface area (Å²) in [7, 11) is -3.68. The molecule has 2 saturated heterocycles. The predicted molar refractivity (Wildman–Crippen MR) is 103 cm³/mol. The normalized spacial score (nSPS) is 34.2. The van der Waals surface area contributed by atoms with Crippen molar-refractivity contribution in [2.75, 3.05) is 18.9 Å². The van der Waals surface area contributed by atoms with E-state index in [9.17, 15) is 19.9 Å². The molecule has 2 aliphatic heterocycles. The van der Waals surface area contributed by atoms with E-state index in [1.165, 1.54) is 12.3 Å². The molecule has 162 valence electrons. The third-order valence-electron chi connectivity index (χ3n) is 4.84. The molecule has 0 radical (unpaired) electrons. The topological polar surface area (TPSA) is 171 Å². The summed E-state index contributed by atoms with van der Waals surface area (Å²) in [5, 5.41) is 20.6. The molecule has 2 fully saturated rings. The number of aliphatic hydroxyl groups is 2. The molecule has 13 heteroatoms. The van der Waals surface area contributed by atoms with E-state index < -0.39 is 44.5 Å². The van der Waals surface area contributed by atoms with Crippen LogP contribution in [-0.4, -0.2) is 61.2 Å². The highest BCUT2D eigenvalue weighted by Crippen LogP contribution is 2.64. The van der Waals surface area contributed by atoms with Crippen molar-refractivity contribution in [3.05, 3.63) is 52.8 Å². The maximum atomic E-state index is 12.0. The van der Waals surface area contributed by atoms with Crippen LogP contribution in [0.4, 0.5) is 5.82 Å². The number of aliphatic hydroxyl groups excluding tert-OH is 2. The minimum Gasteiger partial charge on any atom is -0.387 e. The van der Waals surface area contributed by atoms with Crippen molar-refractivity contribution in [1.82, 2.24) is 14.5 Å². The number of pyridine rings is 1. The molecule has 0 amide bonds. The number of nitrogens with zero attached hydrogens (tertiary/aromatic N) is 3. The van der Waals surface area contributed by atoms with Gasteiger partial charge in [0.15, 0.2) is 6.23 Å². The second-order valence-electron chi connectivity index (χ2n) is 6.85. The second-order valence-corrected chi connectivity index (χ2v) is 8.51. The Hall–Kier alpha value is -2.02. The predicted octanol–water partition coefficient (Wildman–Crippen LogP) is -0.296. The highest BCUT2D eigenvalue weighted by molar-refractivity contribution is 7.55. The van der Waals surface area contributed by atoms with E-state index in [0.29, 0.717) is 6.42 Å². The minimum atomic E-state index is -3.68. The molecule has 2 unspecified atom stereocenters. The third-order valence-corrected chi connectivity index (χ3v) is 6.34. The first kappa shape index (κ1) is 21.2. The molecule has 2 aliphatic rings. The highest BCUT2D eigenvalue weighted by Gasteiger charge is 2.53. The van der Waals surface area contributed by atoms with Crippen molar-refractivity contribution >= 4 is 14.0 Å². The summed E-state index contributed by atoms with van der Waals surface area (Å²) >= 11 is 0. The Morgan fingerprint density at radius 2 is 2.03 bits per heavy atom. The van der Waals surface area contributed by atoms with Crippen LogP contribution in [-0.2, 0) is 18.3 Å². The number of aromatic nitrogens is 3. The number of rotatable bonds is 5. The standard InChI is InChI=1S/C17H21N4O8P/c18-13-3-7-21(17(24)20-13)16-15(23)14(22)12(28-16)9-27-30(25)26-8-4-11(29-30)10-1-5-19-6-2-10/h1-3,5-7,11-12,14-16,22-23,25H,4,8-9H2,(H-,18,20,24)/p+1/t11-,12+,14+,15-,16?,30?/m0/s1. The van der Waals surface area contributed by atoms with Crippen LogP contribution in [0.15, 0.2) is 41.6 Å². The smallest absolute Gasteiger partial charge is 0.387 e. The Morgan fingerprint density at radius 1 is 1.27 bits per heavy atom. The van der Waals surface area contributed by atoms with E-state index in [2.05, 4.69) is 9.97 Å². The van der Waals surface area contributed by atoms with Crippen molar-refractivity contribution in [1.29, 1.82) is 0 Å². The number of ether oxygens (including phenoxy) is 1. The van der Waals surface area contributed by atoms with Gasteiger partial charge in [-0.2, -0.15) is 18.9 Å². The molecule has 12 nitrogen and oxygen atoms in total. The lowest BCUT2D eigenvalue weighted by Gasteiger charge is -2.26. The largest absolute Gasteiger partial charge is 0.573 e. The Labute approximate surface area is 171 Å². The molecule has 4 heterocycles. The first-order valence-electron chi connectivity index (χ1n) is 9.22.